The first-order valence-electron chi connectivity index (χ1n) is 11.4. The van der Waals surface area contributed by atoms with Crippen LogP contribution in [0.3, 0.4) is 0 Å². The third-order valence-corrected chi connectivity index (χ3v) is 6.76. The standard InChI is InChI=1S/C28H26N4O2S/c1-18-16-23(19(2)31(18)22-13-9-10-20(17-22)27(33)34-3)26-25(24-14-7-8-15-29-24)30-28(35)32(26)21-11-5-4-6-12-21/h4-17,25-26H,1-3H3,(H,30,35)/t25-,26+/m1/s1. The van der Waals surface area contributed by atoms with Gasteiger partial charge in [-0.2, -0.15) is 0 Å². The molecule has 1 saturated heterocycles. The summed E-state index contributed by atoms with van der Waals surface area (Å²) in [6.07, 6.45) is 1.81. The van der Waals surface area contributed by atoms with Gasteiger partial charge >= 0.3 is 5.97 Å². The highest BCUT2D eigenvalue weighted by Gasteiger charge is 2.42. The predicted molar refractivity (Wildman–Crippen MR) is 141 cm³/mol. The summed E-state index contributed by atoms with van der Waals surface area (Å²) in [5.41, 5.74) is 6.64. The second-order valence-corrected chi connectivity index (χ2v) is 8.92. The summed E-state index contributed by atoms with van der Waals surface area (Å²) in [5, 5.41) is 4.18. The van der Waals surface area contributed by atoms with E-state index in [1.165, 1.54) is 7.11 Å². The Kier molecular flexibility index (Phi) is 6.09. The minimum Gasteiger partial charge on any atom is -0.465 e. The van der Waals surface area contributed by atoms with Crippen LogP contribution in [0.1, 0.15) is 45.1 Å². The lowest BCUT2D eigenvalue weighted by Gasteiger charge is -2.28. The van der Waals surface area contributed by atoms with E-state index in [4.69, 9.17) is 17.0 Å². The molecule has 6 nitrogen and oxygen atoms in total. The maximum atomic E-state index is 12.1. The van der Waals surface area contributed by atoms with Crippen LogP contribution in [0.25, 0.3) is 5.69 Å². The topological polar surface area (TPSA) is 59.4 Å². The van der Waals surface area contributed by atoms with Crippen LogP contribution in [0.2, 0.25) is 0 Å². The number of rotatable bonds is 5. The number of aryl methyl sites for hydroxylation is 1. The van der Waals surface area contributed by atoms with Crippen molar-refractivity contribution in [1.29, 1.82) is 0 Å². The third-order valence-electron chi connectivity index (χ3n) is 6.45. The van der Waals surface area contributed by atoms with E-state index in [0.717, 1.165) is 34.0 Å². The highest BCUT2D eigenvalue weighted by molar-refractivity contribution is 7.80. The first kappa shape index (κ1) is 22.8. The molecule has 0 aliphatic carbocycles. The lowest BCUT2D eigenvalue weighted by atomic mass is 9.96. The zero-order chi connectivity index (χ0) is 24.5. The number of hydrogen-bond acceptors (Lipinski definition) is 4. The molecule has 1 fully saturated rings. The van der Waals surface area contributed by atoms with Crippen LogP contribution in [0, 0.1) is 13.8 Å². The van der Waals surface area contributed by atoms with Gasteiger partial charge in [0, 0.05) is 29.0 Å². The van der Waals surface area contributed by atoms with Crippen molar-refractivity contribution in [3.63, 3.8) is 0 Å². The number of pyridine rings is 1. The Morgan fingerprint density at radius 1 is 0.971 bits per heavy atom. The molecule has 0 amide bonds. The Morgan fingerprint density at radius 2 is 1.71 bits per heavy atom. The highest BCUT2D eigenvalue weighted by atomic mass is 32.1. The smallest absolute Gasteiger partial charge is 0.337 e. The van der Waals surface area contributed by atoms with Gasteiger partial charge in [-0.1, -0.05) is 30.3 Å². The van der Waals surface area contributed by atoms with Gasteiger partial charge < -0.3 is 19.5 Å². The maximum absolute atomic E-state index is 12.1. The number of methoxy groups -OCH3 is 1. The molecule has 176 valence electrons. The maximum Gasteiger partial charge on any atom is 0.337 e. The van der Waals surface area contributed by atoms with Crippen molar-refractivity contribution in [2.24, 2.45) is 0 Å². The number of nitrogens with zero attached hydrogens (tertiary/aromatic N) is 3. The Bertz CT molecular complexity index is 1380. The summed E-state index contributed by atoms with van der Waals surface area (Å²) in [6, 6.07) is 25.6. The number of ether oxygens (including phenoxy) is 1. The molecular weight excluding hydrogens is 456 g/mol. The number of aromatic nitrogens is 2. The number of carbonyl (C=O) groups is 1. The van der Waals surface area contributed by atoms with Crippen LogP contribution in [-0.2, 0) is 4.74 Å². The van der Waals surface area contributed by atoms with E-state index in [1.54, 1.807) is 6.07 Å². The number of nitrogens with one attached hydrogen (secondary N) is 1. The van der Waals surface area contributed by atoms with Crippen molar-refractivity contribution < 1.29 is 9.53 Å². The molecule has 2 aromatic heterocycles. The molecule has 0 unspecified atom stereocenters. The monoisotopic (exact) mass is 482 g/mol. The van der Waals surface area contributed by atoms with Crippen LogP contribution in [-0.4, -0.2) is 27.7 Å². The van der Waals surface area contributed by atoms with E-state index >= 15 is 0 Å². The lowest BCUT2D eigenvalue weighted by molar-refractivity contribution is 0.0600. The summed E-state index contributed by atoms with van der Waals surface area (Å²) in [7, 11) is 1.39. The molecule has 0 saturated carbocycles. The van der Waals surface area contributed by atoms with E-state index in [0.29, 0.717) is 10.7 Å². The highest BCUT2D eigenvalue weighted by Crippen LogP contribution is 2.43. The fraction of sp³-hybridized carbons (Fsp3) is 0.179. The van der Waals surface area contributed by atoms with Gasteiger partial charge in [0.05, 0.1) is 30.5 Å². The Balaban J connectivity index is 1.66. The SMILES string of the molecule is COC(=O)c1cccc(-n2c(C)cc([C@H]3[C@@H](c4ccccn4)NC(=S)N3c3ccccc3)c2C)c1. The molecule has 0 spiro atoms. The van der Waals surface area contributed by atoms with Crippen LogP contribution < -0.4 is 10.2 Å². The number of hydrogen-bond donors (Lipinski definition) is 1. The van der Waals surface area contributed by atoms with Gasteiger partial charge in [0.1, 0.15) is 0 Å². The van der Waals surface area contributed by atoms with Crippen LogP contribution >= 0.6 is 12.2 Å². The number of anilines is 1. The molecule has 5 rings (SSSR count). The molecule has 1 N–H and O–H groups in total. The fourth-order valence-electron chi connectivity index (χ4n) is 4.91. The second-order valence-electron chi connectivity index (χ2n) is 8.54. The number of para-hydroxylation sites is 1. The Labute approximate surface area is 210 Å². The first-order valence-corrected chi connectivity index (χ1v) is 11.8. The molecular formula is C28H26N4O2S. The van der Waals surface area contributed by atoms with Crippen molar-refractivity contribution in [1.82, 2.24) is 14.9 Å². The summed E-state index contributed by atoms with van der Waals surface area (Å²) in [5.74, 6) is -0.356. The van der Waals surface area contributed by atoms with Crippen LogP contribution in [0.4, 0.5) is 5.69 Å². The zero-order valence-electron chi connectivity index (χ0n) is 19.8. The minimum atomic E-state index is -0.356. The summed E-state index contributed by atoms with van der Waals surface area (Å²) < 4.78 is 7.10. The molecule has 3 heterocycles. The molecule has 1 aliphatic rings. The molecule has 0 bridgehead atoms. The summed E-state index contributed by atoms with van der Waals surface area (Å²) in [4.78, 5) is 19.0. The number of thiocarbonyl (C=S) groups is 1. The van der Waals surface area contributed by atoms with E-state index in [-0.39, 0.29) is 18.1 Å². The van der Waals surface area contributed by atoms with Crippen LogP contribution in [0.5, 0.6) is 0 Å². The van der Waals surface area contributed by atoms with Crippen molar-refractivity contribution in [2.75, 3.05) is 12.0 Å². The van der Waals surface area contributed by atoms with E-state index in [2.05, 4.69) is 51.8 Å². The van der Waals surface area contributed by atoms with Crippen molar-refractivity contribution in [3.05, 3.63) is 113 Å². The van der Waals surface area contributed by atoms with Gasteiger partial charge in [0.25, 0.3) is 0 Å². The van der Waals surface area contributed by atoms with Gasteiger partial charge in [0.2, 0.25) is 0 Å². The average Bonchev–Trinajstić information content (AvgIpc) is 3.39. The average molecular weight is 483 g/mol. The second kappa shape index (κ2) is 9.35. The molecule has 4 aromatic rings. The van der Waals surface area contributed by atoms with Gasteiger partial charge in [-0.25, -0.2) is 4.79 Å². The number of benzene rings is 2. The number of carbonyl (C=O) groups excluding carboxylic acids is 1. The Hall–Kier alpha value is -3.97. The fourth-order valence-corrected chi connectivity index (χ4v) is 5.26. The largest absolute Gasteiger partial charge is 0.465 e. The molecule has 2 aromatic carbocycles. The molecule has 2 atom stereocenters. The van der Waals surface area contributed by atoms with E-state index in [1.807, 2.05) is 60.8 Å². The van der Waals surface area contributed by atoms with Gasteiger partial charge in [-0.05, 0) is 80.2 Å². The molecule has 35 heavy (non-hydrogen) atoms. The number of esters is 1. The lowest BCUT2D eigenvalue weighted by Crippen LogP contribution is -2.29. The zero-order valence-corrected chi connectivity index (χ0v) is 20.6. The summed E-state index contributed by atoms with van der Waals surface area (Å²) >= 11 is 5.84. The van der Waals surface area contributed by atoms with Crippen LogP contribution in [0.15, 0.2) is 85.1 Å². The van der Waals surface area contributed by atoms with Gasteiger partial charge in [-0.15, -0.1) is 0 Å². The molecule has 1 aliphatic heterocycles. The summed E-state index contributed by atoms with van der Waals surface area (Å²) in [6.45, 7) is 4.18. The first-order chi connectivity index (χ1) is 17.0. The quantitative estimate of drug-likeness (QED) is 0.301. The normalized spacial score (nSPS) is 17.3. The van der Waals surface area contributed by atoms with Gasteiger partial charge in [-0.3, -0.25) is 4.98 Å². The van der Waals surface area contributed by atoms with Crippen molar-refractivity contribution >= 4 is 29.0 Å². The third kappa shape index (κ3) is 4.08. The van der Waals surface area contributed by atoms with E-state index in [9.17, 15) is 4.79 Å². The van der Waals surface area contributed by atoms with Crippen molar-refractivity contribution in [3.8, 4) is 5.69 Å². The Morgan fingerprint density at radius 3 is 2.43 bits per heavy atom. The predicted octanol–water partition coefficient (Wildman–Crippen LogP) is 5.45. The molecule has 0 radical (unpaired) electrons. The minimum absolute atomic E-state index is 0.108. The molecule has 7 heteroatoms. The van der Waals surface area contributed by atoms with Crippen molar-refractivity contribution in [2.45, 2.75) is 25.9 Å². The van der Waals surface area contributed by atoms with E-state index < -0.39 is 0 Å². The van der Waals surface area contributed by atoms with Gasteiger partial charge in [0.15, 0.2) is 5.11 Å².